The maximum atomic E-state index is 14.1. The Morgan fingerprint density at radius 3 is 2.88 bits per heavy atom. The van der Waals surface area contributed by atoms with E-state index >= 15 is 0 Å². The van der Waals surface area contributed by atoms with E-state index in [0.717, 1.165) is 36.0 Å². The van der Waals surface area contributed by atoms with Crippen molar-refractivity contribution in [1.29, 1.82) is 0 Å². The first-order valence-electron chi connectivity index (χ1n) is 11.6. The molecule has 0 bridgehead atoms. The Hall–Kier alpha value is -2.41. The summed E-state index contributed by atoms with van der Waals surface area (Å²) in [6, 6.07) is 13.6. The van der Waals surface area contributed by atoms with Crippen molar-refractivity contribution in [1.82, 2.24) is 10.2 Å². The maximum Gasteiger partial charge on any atom is 0.339 e. The van der Waals surface area contributed by atoms with Crippen LogP contribution < -0.4 is 5.32 Å². The number of piperidine rings is 1. The van der Waals surface area contributed by atoms with E-state index < -0.39 is 11.5 Å². The first-order valence-corrected chi connectivity index (χ1v) is 12.0. The normalized spacial score (nSPS) is 23.9. The molecule has 1 N–H and O–H groups in total. The number of esters is 1. The van der Waals surface area contributed by atoms with Gasteiger partial charge in [-0.05, 0) is 49.1 Å². The number of hydrogen-bond donors (Lipinski definition) is 1. The number of amides is 1. The lowest BCUT2D eigenvalue weighted by atomic mass is 9.75. The monoisotopic (exact) mass is 468 g/mol. The van der Waals surface area contributed by atoms with Gasteiger partial charge in [-0.25, -0.2) is 4.79 Å². The standard InChI is InChI=1S/C26H29ClN2O4/c1-32-13-10-17-6-9-23(27)18(14-17)16-29(19-7-8-19)24(30)22-15-28-12-11-26(22)21-5-3-2-4-20(21)25(31)33-26/h2-6,9,14,19,22,28H,7-8,10-13,15-16H2,1H3/t22-,26?/m1/s1. The lowest BCUT2D eigenvalue weighted by Crippen LogP contribution is -2.55. The molecule has 1 unspecified atom stereocenters. The van der Waals surface area contributed by atoms with Gasteiger partial charge in [-0.1, -0.05) is 41.9 Å². The van der Waals surface area contributed by atoms with Gasteiger partial charge in [0, 0.05) is 43.2 Å². The second kappa shape index (κ2) is 9.09. The number of nitrogens with zero attached hydrogens (tertiary/aromatic N) is 1. The van der Waals surface area contributed by atoms with Crippen LogP contribution in [0.1, 0.15) is 46.3 Å². The second-order valence-corrected chi connectivity index (χ2v) is 9.60. The van der Waals surface area contributed by atoms with Crippen molar-refractivity contribution in [2.75, 3.05) is 26.8 Å². The van der Waals surface area contributed by atoms with Crippen LogP contribution in [0, 0.1) is 5.92 Å². The van der Waals surface area contributed by atoms with Gasteiger partial charge in [0.15, 0.2) is 5.60 Å². The van der Waals surface area contributed by atoms with Gasteiger partial charge >= 0.3 is 5.97 Å². The first kappa shape index (κ1) is 22.4. The van der Waals surface area contributed by atoms with Crippen molar-refractivity contribution in [2.24, 2.45) is 5.92 Å². The van der Waals surface area contributed by atoms with Gasteiger partial charge in [-0.15, -0.1) is 0 Å². The Labute approximate surface area is 199 Å². The number of methoxy groups -OCH3 is 1. The van der Waals surface area contributed by atoms with E-state index in [1.807, 2.05) is 35.2 Å². The molecule has 2 aromatic rings. The molecule has 0 radical (unpaired) electrons. The van der Waals surface area contributed by atoms with Crippen molar-refractivity contribution in [3.8, 4) is 0 Å². The van der Waals surface area contributed by atoms with E-state index in [-0.39, 0.29) is 17.9 Å². The van der Waals surface area contributed by atoms with Crippen molar-refractivity contribution in [2.45, 2.75) is 43.9 Å². The van der Waals surface area contributed by atoms with Gasteiger partial charge in [0.25, 0.3) is 0 Å². The Morgan fingerprint density at radius 2 is 2.09 bits per heavy atom. The summed E-state index contributed by atoms with van der Waals surface area (Å²) in [6.45, 7) is 2.26. The van der Waals surface area contributed by atoms with Gasteiger partial charge < -0.3 is 19.7 Å². The van der Waals surface area contributed by atoms with Gasteiger partial charge in [-0.2, -0.15) is 0 Å². The second-order valence-electron chi connectivity index (χ2n) is 9.20. The van der Waals surface area contributed by atoms with Crippen LogP contribution >= 0.6 is 11.6 Å². The molecule has 0 aromatic heterocycles. The maximum absolute atomic E-state index is 14.1. The molecule has 1 saturated heterocycles. The minimum Gasteiger partial charge on any atom is -0.450 e. The van der Waals surface area contributed by atoms with E-state index in [1.165, 1.54) is 0 Å². The van der Waals surface area contributed by atoms with Gasteiger partial charge in [0.05, 0.1) is 18.1 Å². The van der Waals surface area contributed by atoms with Crippen LogP contribution in [0.3, 0.4) is 0 Å². The highest BCUT2D eigenvalue weighted by Crippen LogP contribution is 2.47. The zero-order chi connectivity index (χ0) is 23.0. The predicted molar refractivity (Wildman–Crippen MR) is 125 cm³/mol. The number of benzene rings is 2. The van der Waals surface area contributed by atoms with E-state index in [4.69, 9.17) is 21.1 Å². The molecule has 1 spiro atoms. The first-order chi connectivity index (χ1) is 16.0. The Morgan fingerprint density at radius 1 is 1.27 bits per heavy atom. The molecule has 1 aliphatic carbocycles. The SMILES string of the molecule is COCCc1ccc(Cl)c(CN(C(=O)[C@H]2CNCCC23OC(=O)c2ccccc23)C2CC2)c1. The number of halogens is 1. The summed E-state index contributed by atoms with van der Waals surface area (Å²) in [6.07, 6.45) is 3.34. The highest BCUT2D eigenvalue weighted by molar-refractivity contribution is 6.31. The minimum absolute atomic E-state index is 0.0209. The summed E-state index contributed by atoms with van der Waals surface area (Å²) in [5, 5.41) is 4.01. The summed E-state index contributed by atoms with van der Waals surface area (Å²) < 4.78 is 11.2. The number of carbonyl (C=O) groups excluding carboxylic acids is 2. The smallest absolute Gasteiger partial charge is 0.339 e. The average Bonchev–Trinajstić information content (AvgIpc) is 3.63. The molecule has 3 aliphatic rings. The molecule has 1 saturated carbocycles. The Balaban J connectivity index is 1.45. The van der Waals surface area contributed by atoms with Crippen LogP contribution in [-0.4, -0.2) is 49.6 Å². The molecule has 2 fully saturated rings. The molecule has 2 aromatic carbocycles. The number of rotatable bonds is 7. The fourth-order valence-electron chi connectivity index (χ4n) is 5.18. The largest absolute Gasteiger partial charge is 0.450 e. The molecule has 5 rings (SSSR count). The quantitative estimate of drug-likeness (QED) is 0.627. The molecule has 2 aliphatic heterocycles. The van der Waals surface area contributed by atoms with Crippen molar-refractivity contribution >= 4 is 23.5 Å². The highest BCUT2D eigenvalue weighted by atomic mass is 35.5. The number of nitrogens with one attached hydrogen (secondary N) is 1. The van der Waals surface area contributed by atoms with Gasteiger partial charge in [0.2, 0.25) is 5.91 Å². The minimum atomic E-state index is -0.909. The molecule has 2 heterocycles. The van der Waals surface area contributed by atoms with E-state index in [0.29, 0.717) is 43.2 Å². The van der Waals surface area contributed by atoms with Crippen LogP contribution in [0.25, 0.3) is 0 Å². The summed E-state index contributed by atoms with van der Waals surface area (Å²) in [5.41, 5.74) is 2.57. The number of hydrogen-bond acceptors (Lipinski definition) is 5. The molecular formula is C26H29ClN2O4. The average molecular weight is 469 g/mol. The lowest BCUT2D eigenvalue weighted by molar-refractivity contribution is -0.149. The zero-order valence-corrected chi connectivity index (χ0v) is 19.6. The third-order valence-corrected chi connectivity index (χ3v) is 7.45. The van der Waals surface area contributed by atoms with Crippen molar-refractivity contribution in [3.05, 3.63) is 69.7 Å². The third-order valence-electron chi connectivity index (χ3n) is 7.08. The number of ether oxygens (including phenoxy) is 2. The molecule has 6 nitrogen and oxygen atoms in total. The fourth-order valence-corrected chi connectivity index (χ4v) is 5.36. The molecule has 33 heavy (non-hydrogen) atoms. The van der Waals surface area contributed by atoms with Crippen molar-refractivity contribution in [3.63, 3.8) is 0 Å². The third kappa shape index (κ3) is 4.16. The Kier molecular flexibility index (Phi) is 6.16. The molecular weight excluding hydrogens is 440 g/mol. The van der Waals surface area contributed by atoms with Crippen LogP contribution in [0.4, 0.5) is 0 Å². The Bertz CT molecular complexity index is 1070. The molecule has 2 atom stereocenters. The molecule has 1 amide bonds. The summed E-state index contributed by atoms with van der Waals surface area (Å²) in [5.74, 6) is -0.792. The van der Waals surface area contributed by atoms with Gasteiger partial charge in [0.1, 0.15) is 0 Å². The lowest BCUT2D eigenvalue weighted by Gasteiger charge is -2.42. The van der Waals surface area contributed by atoms with Gasteiger partial charge in [-0.3, -0.25) is 4.79 Å². The summed E-state index contributed by atoms with van der Waals surface area (Å²) in [7, 11) is 1.69. The van der Waals surface area contributed by atoms with E-state index in [1.54, 1.807) is 13.2 Å². The fraction of sp³-hybridized carbons (Fsp3) is 0.462. The summed E-state index contributed by atoms with van der Waals surface area (Å²) >= 11 is 6.55. The van der Waals surface area contributed by atoms with Crippen LogP contribution in [0.5, 0.6) is 0 Å². The van der Waals surface area contributed by atoms with E-state index in [9.17, 15) is 9.59 Å². The van der Waals surface area contributed by atoms with Crippen LogP contribution in [0.15, 0.2) is 42.5 Å². The molecule has 7 heteroatoms. The number of carbonyl (C=O) groups is 2. The highest BCUT2D eigenvalue weighted by Gasteiger charge is 2.56. The van der Waals surface area contributed by atoms with E-state index in [2.05, 4.69) is 11.4 Å². The van der Waals surface area contributed by atoms with Crippen molar-refractivity contribution < 1.29 is 19.1 Å². The number of fused-ring (bicyclic) bond motifs is 2. The molecule has 174 valence electrons. The van der Waals surface area contributed by atoms with Crippen LogP contribution in [-0.2, 0) is 32.8 Å². The predicted octanol–water partition coefficient (Wildman–Crippen LogP) is 3.70. The topological polar surface area (TPSA) is 67.9 Å². The summed E-state index contributed by atoms with van der Waals surface area (Å²) in [4.78, 5) is 28.7. The zero-order valence-electron chi connectivity index (χ0n) is 18.8. The van der Waals surface area contributed by atoms with Crippen LogP contribution in [0.2, 0.25) is 5.02 Å².